The Morgan fingerprint density at radius 2 is 1.22 bits per heavy atom. The fourth-order valence-electron chi connectivity index (χ4n) is 3.91. The molecule has 0 amide bonds. The lowest BCUT2D eigenvalue weighted by Gasteiger charge is -2.10. The van der Waals surface area contributed by atoms with E-state index in [1.165, 1.54) is 21.7 Å². The van der Waals surface area contributed by atoms with Crippen LogP contribution in [0.5, 0.6) is 0 Å². The van der Waals surface area contributed by atoms with Gasteiger partial charge in [-0.25, -0.2) is 4.68 Å². The van der Waals surface area contributed by atoms with Gasteiger partial charge in [-0.05, 0) is 30.7 Å². The predicted molar refractivity (Wildman–Crippen MR) is 113 cm³/mol. The average Bonchev–Trinajstić information content (AvgIpc) is 3.04. The van der Waals surface area contributed by atoms with Crippen molar-refractivity contribution in [2.75, 3.05) is 0 Å². The van der Waals surface area contributed by atoms with E-state index >= 15 is 0 Å². The van der Waals surface area contributed by atoms with E-state index in [4.69, 9.17) is 5.10 Å². The molecule has 27 heavy (non-hydrogen) atoms. The van der Waals surface area contributed by atoms with Gasteiger partial charge < -0.3 is 4.57 Å². The van der Waals surface area contributed by atoms with Crippen LogP contribution in [0.4, 0.5) is 0 Å². The van der Waals surface area contributed by atoms with Crippen molar-refractivity contribution in [1.29, 1.82) is 0 Å². The molecular weight excluding hydrogens is 330 g/mol. The molecule has 0 spiro atoms. The summed E-state index contributed by atoms with van der Waals surface area (Å²) in [7, 11) is 0. The minimum atomic E-state index is 0.990. The van der Waals surface area contributed by atoms with Crippen molar-refractivity contribution in [3.63, 3.8) is 0 Å². The topological polar surface area (TPSA) is 22.2 Å². The molecule has 0 N–H and O–H groups in total. The number of para-hydroxylation sites is 3. The Morgan fingerprint density at radius 1 is 0.667 bits per heavy atom. The number of aryl methyl sites for hydroxylation is 1. The standard InChI is InChI=1S/C24H21N3/c1-2-16-26-17-15-21(20-11-5-6-12-22(20)26)25-27-23-13-7-3-9-18(23)19-10-4-8-14-24(19)27/h3-15,17H,2,16H2,1H3/b25-21+. The first-order valence-corrected chi connectivity index (χ1v) is 9.48. The van der Waals surface area contributed by atoms with Gasteiger partial charge in [-0.1, -0.05) is 61.5 Å². The summed E-state index contributed by atoms with van der Waals surface area (Å²) < 4.78 is 4.39. The van der Waals surface area contributed by atoms with Crippen molar-refractivity contribution in [3.8, 4) is 0 Å². The molecule has 132 valence electrons. The Hall–Kier alpha value is -3.33. The van der Waals surface area contributed by atoms with Gasteiger partial charge in [-0.3, -0.25) is 0 Å². The molecule has 2 aromatic heterocycles. The number of benzene rings is 3. The highest BCUT2D eigenvalue weighted by atomic mass is 15.3. The summed E-state index contributed by atoms with van der Waals surface area (Å²) in [4.78, 5) is 0. The molecule has 0 saturated heterocycles. The van der Waals surface area contributed by atoms with Crippen LogP contribution in [0.3, 0.4) is 0 Å². The summed E-state index contributed by atoms with van der Waals surface area (Å²) in [5, 5.41) is 9.73. The predicted octanol–water partition coefficient (Wildman–Crippen LogP) is 5.52. The molecule has 0 aliphatic heterocycles. The Kier molecular flexibility index (Phi) is 3.79. The first-order chi connectivity index (χ1) is 13.4. The summed E-state index contributed by atoms with van der Waals surface area (Å²) >= 11 is 0. The second-order valence-corrected chi connectivity index (χ2v) is 6.86. The van der Waals surface area contributed by atoms with Gasteiger partial charge >= 0.3 is 0 Å². The molecule has 3 aromatic carbocycles. The van der Waals surface area contributed by atoms with Crippen LogP contribution >= 0.6 is 0 Å². The van der Waals surface area contributed by atoms with Crippen molar-refractivity contribution >= 4 is 32.7 Å². The number of aromatic nitrogens is 2. The summed E-state index contributed by atoms with van der Waals surface area (Å²) in [6.07, 6.45) is 3.26. The number of pyridine rings is 1. The molecule has 0 atom stereocenters. The van der Waals surface area contributed by atoms with Gasteiger partial charge in [-0.2, -0.15) is 5.10 Å². The Bertz CT molecular complexity index is 1290. The monoisotopic (exact) mass is 351 g/mol. The van der Waals surface area contributed by atoms with Crippen molar-refractivity contribution in [3.05, 3.63) is 90.4 Å². The molecule has 0 fully saturated rings. The van der Waals surface area contributed by atoms with Crippen LogP contribution in [0.25, 0.3) is 32.7 Å². The SMILES string of the molecule is CCCn1cc/c(=N\n2c3ccccc3c3ccccc32)c2ccccc21. The molecule has 3 heteroatoms. The lowest BCUT2D eigenvalue weighted by molar-refractivity contribution is 0.696. The van der Waals surface area contributed by atoms with Crippen LogP contribution in [0.1, 0.15) is 13.3 Å². The van der Waals surface area contributed by atoms with E-state index in [9.17, 15) is 0 Å². The summed E-state index contributed by atoms with van der Waals surface area (Å²) in [5.74, 6) is 0. The molecule has 0 radical (unpaired) electrons. The molecule has 0 bridgehead atoms. The zero-order valence-electron chi connectivity index (χ0n) is 15.3. The van der Waals surface area contributed by atoms with E-state index in [-0.39, 0.29) is 0 Å². The highest BCUT2D eigenvalue weighted by Gasteiger charge is 2.09. The largest absolute Gasteiger partial charge is 0.347 e. The normalized spacial score (nSPS) is 12.4. The average molecular weight is 351 g/mol. The molecule has 5 aromatic rings. The lowest BCUT2D eigenvalue weighted by atomic mass is 10.2. The first kappa shape index (κ1) is 15.9. The maximum Gasteiger partial charge on any atom is 0.0947 e. The Morgan fingerprint density at radius 3 is 1.85 bits per heavy atom. The number of nitrogens with zero attached hydrogens (tertiary/aromatic N) is 3. The van der Waals surface area contributed by atoms with Gasteiger partial charge in [0.15, 0.2) is 0 Å². The molecule has 5 rings (SSSR count). The van der Waals surface area contributed by atoms with E-state index in [2.05, 4.69) is 101 Å². The quantitative estimate of drug-likeness (QED) is 0.408. The molecule has 3 nitrogen and oxygen atoms in total. The number of fused-ring (bicyclic) bond motifs is 4. The molecule has 2 heterocycles. The van der Waals surface area contributed by atoms with Crippen LogP contribution in [0.15, 0.2) is 90.2 Å². The second kappa shape index (κ2) is 6.44. The summed E-state index contributed by atoms with van der Waals surface area (Å²) in [5.41, 5.74) is 3.49. The van der Waals surface area contributed by atoms with Gasteiger partial charge in [0.05, 0.1) is 21.9 Å². The van der Waals surface area contributed by atoms with Gasteiger partial charge in [0, 0.05) is 28.9 Å². The highest BCUT2D eigenvalue weighted by molar-refractivity contribution is 6.07. The smallest absolute Gasteiger partial charge is 0.0947 e. The van der Waals surface area contributed by atoms with Crippen molar-refractivity contribution in [2.45, 2.75) is 19.9 Å². The summed E-state index contributed by atoms with van der Waals surface area (Å²) in [6, 6.07) is 27.6. The Labute approximate surface area is 157 Å². The zero-order chi connectivity index (χ0) is 18.2. The molecular formula is C24H21N3. The van der Waals surface area contributed by atoms with Crippen molar-refractivity contribution in [2.24, 2.45) is 5.10 Å². The van der Waals surface area contributed by atoms with Crippen LogP contribution in [0, 0.1) is 0 Å². The van der Waals surface area contributed by atoms with E-state index in [1.807, 2.05) is 0 Å². The van der Waals surface area contributed by atoms with E-state index in [0.717, 1.165) is 29.4 Å². The van der Waals surface area contributed by atoms with Gasteiger partial charge in [0.2, 0.25) is 0 Å². The highest BCUT2D eigenvalue weighted by Crippen LogP contribution is 2.28. The fourth-order valence-corrected chi connectivity index (χ4v) is 3.91. The third kappa shape index (κ3) is 2.55. The Balaban J connectivity index is 1.87. The van der Waals surface area contributed by atoms with Crippen LogP contribution in [-0.2, 0) is 6.54 Å². The first-order valence-electron chi connectivity index (χ1n) is 9.48. The zero-order valence-corrected chi connectivity index (χ0v) is 15.3. The van der Waals surface area contributed by atoms with E-state index in [1.54, 1.807) is 0 Å². The number of rotatable bonds is 3. The fraction of sp³-hybridized carbons (Fsp3) is 0.125. The minimum absolute atomic E-state index is 0.990. The molecule has 0 saturated carbocycles. The maximum atomic E-state index is 5.09. The molecule has 0 unspecified atom stereocenters. The lowest BCUT2D eigenvalue weighted by Crippen LogP contribution is -2.11. The van der Waals surface area contributed by atoms with Crippen molar-refractivity contribution in [1.82, 2.24) is 9.24 Å². The van der Waals surface area contributed by atoms with Gasteiger partial charge in [0.1, 0.15) is 0 Å². The van der Waals surface area contributed by atoms with E-state index < -0.39 is 0 Å². The number of hydrogen-bond acceptors (Lipinski definition) is 1. The van der Waals surface area contributed by atoms with Crippen molar-refractivity contribution < 1.29 is 0 Å². The summed E-state index contributed by atoms with van der Waals surface area (Å²) in [6.45, 7) is 3.22. The molecule has 0 aliphatic carbocycles. The maximum absolute atomic E-state index is 5.09. The van der Waals surface area contributed by atoms with Gasteiger partial charge in [-0.15, -0.1) is 0 Å². The van der Waals surface area contributed by atoms with Crippen LogP contribution in [0.2, 0.25) is 0 Å². The molecule has 0 aliphatic rings. The minimum Gasteiger partial charge on any atom is -0.347 e. The van der Waals surface area contributed by atoms with Crippen LogP contribution < -0.4 is 5.36 Å². The second-order valence-electron chi connectivity index (χ2n) is 6.86. The van der Waals surface area contributed by atoms with E-state index in [0.29, 0.717) is 0 Å². The third-order valence-electron chi connectivity index (χ3n) is 5.13. The number of hydrogen-bond donors (Lipinski definition) is 0. The van der Waals surface area contributed by atoms with Gasteiger partial charge in [0.25, 0.3) is 0 Å². The van der Waals surface area contributed by atoms with Crippen LogP contribution in [-0.4, -0.2) is 9.24 Å². The third-order valence-corrected chi connectivity index (χ3v) is 5.13.